The van der Waals surface area contributed by atoms with Crippen LogP contribution in [0.15, 0.2) is 22.7 Å². The molecule has 5 heteroatoms. The minimum absolute atomic E-state index is 0.302. The van der Waals surface area contributed by atoms with Crippen LogP contribution in [0.2, 0.25) is 0 Å². The number of benzene rings is 1. The molecule has 0 heterocycles. The number of carbonyl (C=O) groups excluding carboxylic acids is 2. The quantitative estimate of drug-likeness (QED) is 0.619. The van der Waals surface area contributed by atoms with Gasteiger partial charge in [0.2, 0.25) is 0 Å². The van der Waals surface area contributed by atoms with Gasteiger partial charge in [-0.2, -0.15) is 0 Å². The predicted octanol–water partition coefficient (Wildman–Crippen LogP) is 2.59. The van der Waals surface area contributed by atoms with Crippen LogP contribution in [0.4, 0.5) is 0 Å². The average Bonchev–Trinajstić information content (AvgIpc) is 2.35. The maximum absolute atomic E-state index is 11.5. The highest BCUT2D eigenvalue weighted by Crippen LogP contribution is 2.25. The molecule has 1 rings (SSSR count). The van der Waals surface area contributed by atoms with Crippen molar-refractivity contribution < 1.29 is 19.1 Å². The highest BCUT2D eigenvalue weighted by molar-refractivity contribution is 9.10. The number of methoxy groups -OCH3 is 1. The van der Waals surface area contributed by atoms with E-state index in [4.69, 9.17) is 4.74 Å². The molecule has 0 spiro atoms. The zero-order valence-electron chi connectivity index (χ0n) is 9.60. The van der Waals surface area contributed by atoms with E-state index in [0.29, 0.717) is 24.0 Å². The van der Waals surface area contributed by atoms with E-state index in [1.165, 1.54) is 7.11 Å². The van der Waals surface area contributed by atoms with Gasteiger partial charge in [-0.05, 0) is 24.6 Å². The van der Waals surface area contributed by atoms with Gasteiger partial charge in [-0.25, -0.2) is 4.79 Å². The molecule has 0 saturated heterocycles. The lowest BCUT2D eigenvalue weighted by Crippen LogP contribution is -2.18. The lowest BCUT2D eigenvalue weighted by molar-refractivity contribution is -0.113. The molecule has 92 valence electrons. The number of carbonyl (C=O) groups is 2. The van der Waals surface area contributed by atoms with E-state index < -0.39 is 12.1 Å². The van der Waals surface area contributed by atoms with E-state index in [1.54, 1.807) is 18.2 Å². The van der Waals surface area contributed by atoms with E-state index in [2.05, 4.69) is 20.7 Å². The maximum Gasteiger partial charge on any atom is 0.341 e. The van der Waals surface area contributed by atoms with Gasteiger partial charge in [0.25, 0.3) is 0 Å². The molecule has 0 amide bonds. The lowest BCUT2D eigenvalue weighted by atomic mass is 10.2. The van der Waals surface area contributed by atoms with Gasteiger partial charge in [0, 0.05) is 4.47 Å². The van der Waals surface area contributed by atoms with Crippen molar-refractivity contribution in [3.8, 4) is 5.75 Å². The normalized spacial score (nSPS) is 11.7. The number of halogens is 1. The van der Waals surface area contributed by atoms with E-state index in [1.807, 2.05) is 6.92 Å². The van der Waals surface area contributed by atoms with Crippen molar-refractivity contribution in [2.75, 3.05) is 7.11 Å². The van der Waals surface area contributed by atoms with Gasteiger partial charge in [0.05, 0.1) is 7.11 Å². The number of hydrogen-bond donors (Lipinski definition) is 0. The number of rotatable bonds is 5. The lowest BCUT2D eigenvalue weighted by Gasteiger charge is -2.14. The van der Waals surface area contributed by atoms with Gasteiger partial charge in [-0.3, -0.25) is 4.79 Å². The van der Waals surface area contributed by atoms with Crippen molar-refractivity contribution >= 4 is 28.2 Å². The molecule has 0 aliphatic heterocycles. The Morgan fingerprint density at radius 2 is 2.24 bits per heavy atom. The number of hydrogen-bond acceptors (Lipinski definition) is 4. The molecule has 1 unspecified atom stereocenters. The minimum Gasteiger partial charge on any atom is -0.482 e. The summed E-state index contributed by atoms with van der Waals surface area (Å²) in [5, 5.41) is 0. The van der Waals surface area contributed by atoms with Gasteiger partial charge in [0.15, 0.2) is 12.4 Å². The van der Waals surface area contributed by atoms with Crippen LogP contribution < -0.4 is 4.74 Å². The van der Waals surface area contributed by atoms with Gasteiger partial charge in [-0.1, -0.05) is 22.9 Å². The van der Waals surface area contributed by atoms with Gasteiger partial charge >= 0.3 is 5.97 Å². The largest absolute Gasteiger partial charge is 0.482 e. The monoisotopic (exact) mass is 300 g/mol. The molecule has 0 fully saturated rings. The van der Waals surface area contributed by atoms with E-state index in [0.717, 1.165) is 4.47 Å². The predicted molar refractivity (Wildman–Crippen MR) is 66.3 cm³/mol. The highest BCUT2D eigenvalue weighted by atomic mass is 79.9. The zero-order valence-corrected chi connectivity index (χ0v) is 11.2. The fourth-order valence-corrected chi connectivity index (χ4v) is 1.58. The van der Waals surface area contributed by atoms with Crippen LogP contribution in [-0.4, -0.2) is 25.5 Å². The summed E-state index contributed by atoms with van der Waals surface area (Å²) in [6, 6.07) is 4.93. The van der Waals surface area contributed by atoms with Crippen LogP contribution in [0, 0.1) is 0 Å². The smallest absolute Gasteiger partial charge is 0.341 e. The van der Waals surface area contributed by atoms with Crippen molar-refractivity contribution in [3.05, 3.63) is 28.2 Å². The Morgan fingerprint density at radius 1 is 1.53 bits per heavy atom. The molecule has 0 aliphatic rings. The third kappa shape index (κ3) is 3.56. The molecule has 1 atom stereocenters. The Balaban J connectivity index is 3.06. The van der Waals surface area contributed by atoms with Crippen LogP contribution in [0.25, 0.3) is 0 Å². The fourth-order valence-electron chi connectivity index (χ4n) is 1.24. The average molecular weight is 301 g/mol. The molecule has 0 bridgehead atoms. The molecule has 0 N–H and O–H groups in total. The van der Waals surface area contributed by atoms with Gasteiger partial charge in [-0.15, -0.1) is 0 Å². The van der Waals surface area contributed by atoms with Crippen LogP contribution in [0.5, 0.6) is 5.75 Å². The second-order valence-corrected chi connectivity index (χ2v) is 4.25. The van der Waals surface area contributed by atoms with E-state index >= 15 is 0 Å². The topological polar surface area (TPSA) is 52.6 Å². The molecular weight excluding hydrogens is 288 g/mol. The second-order valence-electron chi connectivity index (χ2n) is 3.33. The standard InChI is InChI=1S/C12H13BrO4/c1-3-9(7-14)17-11-6-8(13)4-5-10(11)12(15)16-2/h4-7,9H,3H2,1-2H3. The third-order valence-electron chi connectivity index (χ3n) is 2.18. The molecule has 4 nitrogen and oxygen atoms in total. The Labute approximate surface area is 108 Å². The Hall–Kier alpha value is -1.36. The molecule has 1 aromatic rings. The van der Waals surface area contributed by atoms with Crippen LogP contribution in [0.3, 0.4) is 0 Å². The van der Waals surface area contributed by atoms with Crippen LogP contribution >= 0.6 is 15.9 Å². The van der Waals surface area contributed by atoms with Gasteiger partial charge < -0.3 is 9.47 Å². The van der Waals surface area contributed by atoms with Crippen molar-refractivity contribution in [2.45, 2.75) is 19.4 Å². The number of ether oxygens (including phenoxy) is 2. The zero-order chi connectivity index (χ0) is 12.8. The van der Waals surface area contributed by atoms with Gasteiger partial charge in [0.1, 0.15) is 11.3 Å². The maximum atomic E-state index is 11.5. The van der Waals surface area contributed by atoms with Crippen molar-refractivity contribution in [2.24, 2.45) is 0 Å². The summed E-state index contributed by atoms with van der Waals surface area (Å²) >= 11 is 3.28. The fraction of sp³-hybridized carbons (Fsp3) is 0.333. The summed E-state index contributed by atoms with van der Waals surface area (Å²) in [5.74, 6) is -0.154. The SMILES string of the molecule is CCC(C=O)Oc1cc(Br)ccc1C(=O)OC. The minimum atomic E-state index is -0.562. The molecular formula is C12H13BrO4. The first kappa shape index (κ1) is 13.7. The summed E-state index contributed by atoms with van der Waals surface area (Å²) in [4.78, 5) is 22.2. The third-order valence-corrected chi connectivity index (χ3v) is 2.67. The summed E-state index contributed by atoms with van der Waals surface area (Å²) in [6.07, 6.45) is 0.686. The Morgan fingerprint density at radius 3 is 2.76 bits per heavy atom. The van der Waals surface area contributed by atoms with Crippen LogP contribution in [-0.2, 0) is 9.53 Å². The summed E-state index contributed by atoms with van der Waals surface area (Å²) in [7, 11) is 1.30. The second kappa shape index (κ2) is 6.39. The summed E-state index contributed by atoms with van der Waals surface area (Å²) < 4.78 is 10.9. The van der Waals surface area contributed by atoms with E-state index in [-0.39, 0.29) is 0 Å². The van der Waals surface area contributed by atoms with Crippen molar-refractivity contribution in [1.29, 1.82) is 0 Å². The van der Waals surface area contributed by atoms with Crippen molar-refractivity contribution in [3.63, 3.8) is 0 Å². The first-order valence-corrected chi connectivity index (χ1v) is 5.91. The van der Waals surface area contributed by atoms with Crippen LogP contribution in [0.1, 0.15) is 23.7 Å². The molecule has 0 aromatic heterocycles. The Bertz CT molecular complexity index is 417. The molecule has 0 saturated carbocycles. The number of aldehydes is 1. The molecule has 0 radical (unpaired) electrons. The summed E-state index contributed by atoms with van der Waals surface area (Å²) in [6.45, 7) is 1.83. The first-order valence-electron chi connectivity index (χ1n) is 5.12. The first-order chi connectivity index (χ1) is 8.12. The Kier molecular flexibility index (Phi) is 5.15. The molecule has 0 aliphatic carbocycles. The summed E-state index contributed by atoms with van der Waals surface area (Å²) in [5.41, 5.74) is 0.302. The molecule has 17 heavy (non-hydrogen) atoms. The molecule has 1 aromatic carbocycles. The van der Waals surface area contributed by atoms with E-state index in [9.17, 15) is 9.59 Å². The van der Waals surface area contributed by atoms with Crippen molar-refractivity contribution in [1.82, 2.24) is 0 Å². The highest BCUT2D eigenvalue weighted by Gasteiger charge is 2.16. The number of esters is 1.